The molecule has 0 spiro atoms. The number of aromatic nitrogens is 1. The third kappa shape index (κ3) is 3.83. The molecular weight excluding hydrogens is 313 g/mol. The normalized spacial score (nSPS) is 11.0. The molecule has 0 saturated carbocycles. The smallest absolute Gasteiger partial charge is 0.123 e. The van der Waals surface area contributed by atoms with Gasteiger partial charge in [-0.1, -0.05) is 29.8 Å². The highest BCUT2D eigenvalue weighted by molar-refractivity contribution is 5.66. The lowest BCUT2D eigenvalue weighted by molar-refractivity contribution is 0.151. The molecule has 0 fully saturated rings. The molecule has 0 radical (unpaired) electrons. The molecule has 3 rings (SSSR count). The maximum absolute atomic E-state index is 13.4. The van der Waals surface area contributed by atoms with E-state index in [1.807, 2.05) is 19.1 Å². The minimum absolute atomic E-state index is 0.220. The van der Waals surface area contributed by atoms with Crippen molar-refractivity contribution in [2.45, 2.75) is 27.2 Å². The van der Waals surface area contributed by atoms with Gasteiger partial charge in [-0.05, 0) is 68.7 Å². The van der Waals surface area contributed by atoms with E-state index in [-0.39, 0.29) is 5.82 Å². The lowest BCUT2D eigenvalue weighted by Crippen LogP contribution is -2.02. The zero-order chi connectivity index (χ0) is 17.8. The van der Waals surface area contributed by atoms with E-state index in [1.165, 1.54) is 29.0 Å². The van der Waals surface area contributed by atoms with Crippen molar-refractivity contribution in [3.63, 3.8) is 0 Å². The second kappa shape index (κ2) is 7.66. The Balaban J connectivity index is 2.09. The van der Waals surface area contributed by atoms with E-state index < -0.39 is 0 Å². The number of rotatable bonds is 6. The number of hydrogen-bond acceptors (Lipinski definition) is 1. The van der Waals surface area contributed by atoms with Gasteiger partial charge in [-0.25, -0.2) is 4.39 Å². The molecule has 0 N–H and O–H groups in total. The fourth-order valence-corrected chi connectivity index (χ4v) is 3.10. The predicted octanol–water partition coefficient (Wildman–Crippen LogP) is 5.48. The summed E-state index contributed by atoms with van der Waals surface area (Å²) in [7, 11) is 0. The van der Waals surface area contributed by atoms with E-state index in [4.69, 9.17) is 4.74 Å². The van der Waals surface area contributed by atoms with Gasteiger partial charge in [0.1, 0.15) is 5.82 Å². The van der Waals surface area contributed by atoms with E-state index in [0.29, 0.717) is 6.61 Å². The van der Waals surface area contributed by atoms with Crippen LogP contribution in [-0.2, 0) is 11.2 Å². The molecule has 3 heteroatoms. The van der Waals surface area contributed by atoms with Gasteiger partial charge in [0.2, 0.25) is 0 Å². The zero-order valence-corrected chi connectivity index (χ0v) is 15.1. The highest BCUT2D eigenvalue weighted by Gasteiger charge is 2.15. The molecule has 3 aromatic rings. The molecule has 2 nitrogen and oxygen atoms in total. The first kappa shape index (κ1) is 17.4. The average Bonchev–Trinajstić information content (AvgIpc) is 2.93. The average molecular weight is 337 g/mol. The Hall–Kier alpha value is -2.39. The fraction of sp³-hybridized carbons (Fsp3) is 0.273. The topological polar surface area (TPSA) is 14.2 Å². The molecule has 130 valence electrons. The molecule has 0 bridgehead atoms. The van der Waals surface area contributed by atoms with Crippen LogP contribution in [0.4, 0.5) is 4.39 Å². The SMILES string of the molecule is CCOCCc1cc(-c2ccc(C)cc2)n(-c2ccc(F)cc2)c1C. The fourth-order valence-electron chi connectivity index (χ4n) is 3.10. The summed E-state index contributed by atoms with van der Waals surface area (Å²) in [6, 6.07) is 17.4. The summed E-state index contributed by atoms with van der Waals surface area (Å²) in [5, 5.41) is 0. The summed E-state index contributed by atoms with van der Waals surface area (Å²) in [5.41, 5.74) is 6.90. The van der Waals surface area contributed by atoms with Gasteiger partial charge in [0, 0.05) is 18.0 Å². The Morgan fingerprint density at radius 3 is 2.28 bits per heavy atom. The molecule has 0 saturated heterocycles. The molecule has 1 aromatic heterocycles. The number of halogens is 1. The van der Waals surface area contributed by atoms with E-state index in [0.717, 1.165) is 30.0 Å². The van der Waals surface area contributed by atoms with Gasteiger partial charge in [-0.3, -0.25) is 0 Å². The maximum Gasteiger partial charge on any atom is 0.123 e. The molecular formula is C22H24FNO. The van der Waals surface area contributed by atoms with Crippen molar-refractivity contribution in [1.29, 1.82) is 0 Å². The van der Waals surface area contributed by atoms with E-state index in [1.54, 1.807) is 0 Å². The van der Waals surface area contributed by atoms with Crippen molar-refractivity contribution < 1.29 is 9.13 Å². The molecule has 0 aliphatic rings. The number of hydrogen-bond donors (Lipinski definition) is 0. The number of benzene rings is 2. The van der Waals surface area contributed by atoms with Crippen molar-refractivity contribution in [1.82, 2.24) is 4.57 Å². The number of ether oxygens (including phenoxy) is 1. The molecule has 0 unspecified atom stereocenters. The van der Waals surface area contributed by atoms with Gasteiger partial charge in [-0.15, -0.1) is 0 Å². The highest BCUT2D eigenvalue weighted by Crippen LogP contribution is 2.30. The van der Waals surface area contributed by atoms with Crippen molar-refractivity contribution in [3.8, 4) is 16.9 Å². The Labute approximate surface area is 148 Å². The Morgan fingerprint density at radius 2 is 1.64 bits per heavy atom. The van der Waals surface area contributed by atoms with E-state index in [9.17, 15) is 4.39 Å². The second-order valence-corrected chi connectivity index (χ2v) is 6.27. The van der Waals surface area contributed by atoms with Crippen LogP contribution in [0, 0.1) is 19.7 Å². The van der Waals surface area contributed by atoms with Crippen LogP contribution < -0.4 is 0 Å². The van der Waals surface area contributed by atoms with Crippen LogP contribution >= 0.6 is 0 Å². The van der Waals surface area contributed by atoms with Crippen molar-refractivity contribution >= 4 is 0 Å². The van der Waals surface area contributed by atoms with Gasteiger partial charge < -0.3 is 9.30 Å². The van der Waals surface area contributed by atoms with Gasteiger partial charge in [0.25, 0.3) is 0 Å². The molecule has 0 atom stereocenters. The Kier molecular flexibility index (Phi) is 5.34. The first-order valence-electron chi connectivity index (χ1n) is 8.72. The summed E-state index contributed by atoms with van der Waals surface area (Å²) in [4.78, 5) is 0. The quantitative estimate of drug-likeness (QED) is 0.543. The van der Waals surface area contributed by atoms with Crippen LogP contribution in [0.1, 0.15) is 23.7 Å². The monoisotopic (exact) mass is 337 g/mol. The Bertz CT molecular complexity index is 832. The molecule has 0 aliphatic carbocycles. The summed E-state index contributed by atoms with van der Waals surface area (Å²) >= 11 is 0. The van der Waals surface area contributed by atoms with E-state index in [2.05, 4.69) is 48.7 Å². The highest BCUT2D eigenvalue weighted by atomic mass is 19.1. The molecule has 1 heterocycles. The summed E-state index contributed by atoms with van der Waals surface area (Å²) in [5.74, 6) is -0.220. The number of nitrogens with zero attached hydrogens (tertiary/aromatic N) is 1. The van der Waals surface area contributed by atoms with E-state index >= 15 is 0 Å². The molecule has 2 aromatic carbocycles. The van der Waals surface area contributed by atoms with Gasteiger partial charge in [0.15, 0.2) is 0 Å². The molecule has 25 heavy (non-hydrogen) atoms. The van der Waals surface area contributed by atoms with Crippen molar-refractivity contribution in [2.24, 2.45) is 0 Å². The van der Waals surface area contributed by atoms with Crippen LogP contribution in [0.15, 0.2) is 54.6 Å². The first-order valence-corrected chi connectivity index (χ1v) is 8.72. The summed E-state index contributed by atoms with van der Waals surface area (Å²) in [6.07, 6.45) is 0.868. The summed E-state index contributed by atoms with van der Waals surface area (Å²) < 4.78 is 21.1. The lowest BCUT2D eigenvalue weighted by Gasteiger charge is -2.13. The molecule has 0 amide bonds. The predicted molar refractivity (Wildman–Crippen MR) is 101 cm³/mol. The lowest BCUT2D eigenvalue weighted by atomic mass is 10.1. The van der Waals surface area contributed by atoms with Gasteiger partial charge in [0.05, 0.1) is 12.3 Å². The number of aryl methyl sites for hydroxylation is 1. The second-order valence-electron chi connectivity index (χ2n) is 6.27. The first-order chi connectivity index (χ1) is 12.1. The third-order valence-corrected chi connectivity index (χ3v) is 4.50. The third-order valence-electron chi connectivity index (χ3n) is 4.50. The Morgan fingerprint density at radius 1 is 0.960 bits per heavy atom. The van der Waals surface area contributed by atoms with Crippen molar-refractivity contribution in [3.05, 3.63) is 77.2 Å². The largest absolute Gasteiger partial charge is 0.381 e. The van der Waals surface area contributed by atoms with Crippen LogP contribution in [0.3, 0.4) is 0 Å². The van der Waals surface area contributed by atoms with Gasteiger partial charge >= 0.3 is 0 Å². The van der Waals surface area contributed by atoms with Crippen LogP contribution in [0.25, 0.3) is 16.9 Å². The van der Waals surface area contributed by atoms with Crippen LogP contribution in [-0.4, -0.2) is 17.8 Å². The minimum atomic E-state index is -0.220. The zero-order valence-electron chi connectivity index (χ0n) is 15.1. The van der Waals surface area contributed by atoms with Crippen molar-refractivity contribution in [2.75, 3.05) is 13.2 Å². The minimum Gasteiger partial charge on any atom is -0.381 e. The maximum atomic E-state index is 13.4. The standard InChI is InChI=1S/C22H24FNO/c1-4-25-14-13-19-15-22(18-7-5-16(2)6-8-18)24(17(19)3)21-11-9-20(23)10-12-21/h5-12,15H,4,13-14H2,1-3H3. The molecule has 0 aliphatic heterocycles. The van der Waals surface area contributed by atoms with Crippen LogP contribution in [0.2, 0.25) is 0 Å². The van der Waals surface area contributed by atoms with Gasteiger partial charge in [-0.2, -0.15) is 0 Å². The summed E-state index contributed by atoms with van der Waals surface area (Å²) in [6.45, 7) is 7.64. The van der Waals surface area contributed by atoms with Crippen LogP contribution in [0.5, 0.6) is 0 Å².